The minimum atomic E-state index is -0.704. The molecule has 0 spiro atoms. The average molecular weight is 454 g/mol. The number of fused-ring (bicyclic) bond motifs is 1. The summed E-state index contributed by atoms with van der Waals surface area (Å²) in [5, 5.41) is 9.78. The predicted octanol–water partition coefficient (Wildman–Crippen LogP) is 2.97. The van der Waals surface area contributed by atoms with Crippen LogP contribution in [0.3, 0.4) is 0 Å². The van der Waals surface area contributed by atoms with E-state index in [2.05, 4.69) is 51.7 Å². The van der Waals surface area contributed by atoms with Gasteiger partial charge in [-0.05, 0) is 37.5 Å². The summed E-state index contributed by atoms with van der Waals surface area (Å²) in [6.45, 7) is 16.7. The first-order chi connectivity index (χ1) is 15.7. The third-order valence-corrected chi connectivity index (χ3v) is 5.22. The van der Waals surface area contributed by atoms with E-state index in [0.29, 0.717) is 35.5 Å². The molecular weight excluding hydrogens is 418 g/mol. The molecule has 2 aromatic rings. The lowest BCUT2D eigenvalue weighted by atomic mass is 10.00. The van der Waals surface area contributed by atoms with Crippen LogP contribution in [0.15, 0.2) is 48.8 Å². The Morgan fingerprint density at radius 3 is 2.76 bits per heavy atom. The molecule has 0 aliphatic carbocycles. The number of aromatic nitrogens is 3. The van der Waals surface area contributed by atoms with Crippen LogP contribution in [0.25, 0.3) is 10.9 Å². The fourth-order valence-corrected chi connectivity index (χ4v) is 3.45. The van der Waals surface area contributed by atoms with Crippen molar-refractivity contribution in [1.29, 1.82) is 0 Å². The summed E-state index contributed by atoms with van der Waals surface area (Å²) in [5.74, 6) is -0.678. The largest absolute Gasteiger partial charge is 0.383 e. The Balaban J connectivity index is 0.000000294. The van der Waals surface area contributed by atoms with Gasteiger partial charge in [0.25, 0.3) is 0 Å². The van der Waals surface area contributed by atoms with Gasteiger partial charge in [0.15, 0.2) is 0 Å². The quantitative estimate of drug-likeness (QED) is 0.599. The number of likely N-dealkylation sites (tertiary alicyclic amines) is 1. The van der Waals surface area contributed by atoms with E-state index in [1.165, 1.54) is 28.4 Å². The van der Waals surface area contributed by atoms with Crippen LogP contribution >= 0.6 is 0 Å². The molecule has 0 bridgehead atoms. The van der Waals surface area contributed by atoms with Gasteiger partial charge in [0.1, 0.15) is 5.82 Å². The molecule has 9 nitrogen and oxygen atoms in total. The van der Waals surface area contributed by atoms with Crippen molar-refractivity contribution >= 4 is 34.2 Å². The van der Waals surface area contributed by atoms with Crippen molar-refractivity contribution in [3.63, 3.8) is 0 Å². The van der Waals surface area contributed by atoms with E-state index in [9.17, 15) is 9.59 Å². The minimum absolute atomic E-state index is 0.286. The van der Waals surface area contributed by atoms with Gasteiger partial charge in [-0.15, -0.1) is 0 Å². The average Bonchev–Trinajstić information content (AvgIpc) is 3.28. The van der Waals surface area contributed by atoms with E-state index in [1.807, 2.05) is 26.8 Å². The number of aromatic amines is 1. The maximum Gasteiger partial charge on any atom is 0.314 e. The number of hydrogen-bond donors (Lipinski definition) is 3. The molecule has 1 fully saturated rings. The molecule has 3 heterocycles. The second-order valence-electron chi connectivity index (χ2n) is 8.43. The standard InChI is InChI=1S/C14H20N6O2.C10H15N/c1-4-20(7-8(2)3)14(22)13(21)18-10-6-16-12(15)9-5-17-19-11(9)10;1-4-5-10-8-11(3)7-6-9(10)2/h5-6,8H,4,7H2,1-3H3,(H2,15,16)(H,17,19)(H,18,21);4-5H,1-2,6-8H2,3H3/b;10-5-. The fourth-order valence-electron chi connectivity index (χ4n) is 3.45. The number of amides is 2. The predicted molar refractivity (Wildman–Crippen MR) is 134 cm³/mol. The van der Waals surface area contributed by atoms with Gasteiger partial charge < -0.3 is 20.9 Å². The van der Waals surface area contributed by atoms with E-state index in [4.69, 9.17) is 5.73 Å². The number of nitrogen functional groups attached to an aromatic ring is 1. The van der Waals surface area contributed by atoms with E-state index in [1.54, 1.807) is 0 Å². The molecule has 2 aromatic heterocycles. The Labute approximate surface area is 195 Å². The number of H-pyrrole nitrogens is 1. The lowest BCUT2D eigenvalue weighted by Crippen LogP contribution is -2.41. The Morgan fingerprint density at radius 2 is 2.12 bits per heavy atom. The molecule has 0 unspecified atom stereocenters. The van der Waals surface area contributed by atoms with Gasteiger partial charge in [-0.25, -0.2) is 4.98 Å². The van der Waals surface area contributed by atoms with Crippen LogP contribution in [-0.4, -0.2) is 70.0 Å². The molecule has 3 rings (SSSR count). The van der Waals surface area contributed by atoms with Crippen molar-refractivity contribution in [2.24, 2.45) is 5.92 Å². The third kappa shape index (κ3) is 7.01. The second-order valence-corrected chi connectivity index (χ2v) is 8.43. The number of nitrogens with zero attached hydrogens (tertiary/aromatic N) is 4. The van der Waals surface area contributed by atoms with Crippen LogP contribution in [0, 0.1) is 5.92 Å². The summed E-state index contributed by atoms with van der Waals surface area (Å²) in [6, 6.07) is 0. The first-order valence-electron chi connectivity index (χ1n) is 11.0. The first kappa shape index (κ1) is 25.8. The maximum absolute atomic E-state index is 12.2. The first-order valence-corrected chi connectivity index (χ1v) is 11.0. The Kier molecular flexibility index (Phi) is 9.35. The van der Waals surface area contributed by atoms with E-state index in [0.717, 1.165) is 19.5 Å². The van der Waals surface area contributed by atoms with E-state index in [-0.39, 0.29) is 5.92 Å². The number of nitrogens with two attached hydrogens (primary N) is 1. The monoisotopic (exact) mass is 453 g/mol. The molecule has 2 amide bonds. The van der Waals surface area contributed by atoms with Gasteiger partial charge in [0.2, 0.25) is 0 Å². The van der Waals surface area contributed by atoms with Crippen LogP contribution in [0.2, 0.25) is 0 Å². The number of rotatable bonds is 5. The van der Waals surface area contributed by atoms with E-state index >= 15 is 0 Å². The number of likely N-dealkylation sites (N-methyl/N-ethyl adjacent to an activating group) is 2. The van der Waals surface area contributed by atoms with Gasteiger partial charge >= 0.3 is 11.8 Å². The Morgan fingerprint density at radius 1 is 1.39 bits per heavy atom. The van der Waals surface area contributed by atoms with E-state index < -0.39 is 11.8 Å². The van der Waals surface area contributed by atoms with Crippen molar-refractivity contribution < 1.29 is 9.59 Å². The normalized spacial score (nSPS) is 15.3. The fraction of sp³-hybridized carbons (Fsp3) is 0.417. The highest BCUT2D eigenvalue weighted by Crippen LogP contribution is 2.23. The number of carbonyl (C=O) groups is 2. The van der Waals surface area contributed by atoms with Gasteiger partial charge in [0, 0.05) is 26.2 Å². The summed E-state index contributed by atoms with van der Waals surface area (Å²) in [6.07, 6.45) is 7.90. The number of allylic oxidation sites excluding steroid dienone is 2. The van der Waals surface area contributed by atoms with Crippen LogP contribution in [0.4, 0.5) is 11.5 Å². The van der Waals surface area contributed by atoms with Crippen LogP contribution in [0.5, 0.6) is 0 Å². The summed E-state index contributed by atoms with van der Waals surface area (Å²) < 4.78 is 0. The second kappa shape index (κ2) is 12.0. The van der Waals surface area contributed by atoms with Crippen molar-refractivity contribution in [2.45, 2.75) is 27.2 Å². The third-order valence-electron chi connectivity index (χ3n) is 5.22. The highest BCUT2D eigenvalue weighted by Gasteiger charge is 2.22. The van der Waals surface area contributed by atoms with Gasteiger partial charge in [-0.2, -0.15) is 5.10 Å². The summed E-state index contributed by atoms with van der Waals surface area (Å²) in [7, 11) is 2.13. The Hall–Kier alpha value is -3.46. The smallest absolute Gasteiger partial charge is 0.314 e. The highest BCUT2D eigenvalue weighted by atomic mass is 16.2. The van der Waals surface area contributed by atoms with Crippen LogP contribution in [-0.2, 0) is 9.59 Å². The molecule has 0 radical (unpaired) electrons. The van der Waals surface area contributed by atoms with Crippen molar-refractivity contribution in [2.75, 3.05) is 44.3 Å². The lowest BCUT2D eigenvalue weighted by Gasteiger charge is -2.26. The Bertz CT molecular complexity index is 1040. The molecule has 1 saturated heterocycles. The molecule has 0 atom stereocenters. The zero-order chi connectivity index (χ0) is 24.5. The molecule has 33 heavy (non-hydrogen) atoms. The topological polar surface area (TPSA) is 120 Å². The molecule has 0 saturated carbocycles. The van der Waals surface area contributed by atoms with Crippen LogP contribution in [0.1, 0.15) is 27.2 Å². The van der Waals surface area contributed by atoms with Crippen LogP contribution < -0.4 is 11.1 Å². The van der Waals surface area contributed by atoms with Gasteiger partial charge in [-0.1, -0.05) is 39.2 Å². The van der Waals surface area contributed by atoms with Crippen molar-refractivity contribution in [3.8, 4) is 0 Å². The molecule has 4 N–H and O–H groups in total. The SMILES string of the molecule is C=C/C=C1/CN(C)CCC1=C.CCN(CC(C)C)C(=O)C(=O)Nc1cnc(N)c2cn[nH]c12. The molecular formula is C24H35N7O2. The van der Waals surface area contributed by atoms with Gasteiger partial charge in [0.05, 0.1) is 29.0 Å². The number of piperidine rings is 1. The summed E-state index contributed by atoms with van der Waals surface area (Å²) >= 11 is 0. The number of nitrogens with one attached hydrogen (secondary N) is 2. The molecule has 9 heteroatoms. The lowest BCUT2D eigenvalue weighted by molar-refractivity contribution is -0.143. The minimum Gasteiger partial charge on any atom is -0.383 e. The molecule has 0 aromatic carbocycles. The van der Waals surface area contributed by atoms with Gasteiger partial charge in [-0.3, -0.25) is 14.7 Å². The maximum atomic E-state index is 12.2. The number of pyridine rings is 1. The number of anilines is 2. The summed E-state index contributed by atoms with van der Waals surface area (Å²) in [5.41, 5.74) is 9.24. The summed E-state index contributed by atoms with van der Waals surface area (Å²) in [4.78, 5) is 32.1. The molecule has 178 valence electrons. The molecule has 1 aliphatic heterocycles. The number of carbonyl (C=O) groups excluding carboxylic acids is 2. The highest BCUT2D eigenvalue weighted by molar-refractivity contribution is 6.40. The zero-order valence-electron chi connectivity index (χ0n) is 20.0. The zero-order valence-corrected chi connectivity index (χ0v) is 20.0. The molecule has 1 aliphatic rings. The van der Waals surface area contributed by atoms with Crippen molar-refractivity contribution in [1.82, 2.24) is 25.0 Å². The van der Waals surface area contributed by atoms with Crippen molar-refractivity contribution in [3.05, 3.63) is 48.8 Å². The number of hydrogen-bond acceptors (Lipinski definition) is 6.